The van der Waals surface area contributed by atoms with E-state index in [1.54, 1.807) is 0 Å². The molecule has 0 fully saturated rings. The molecule has 0 atom stereocenters. The Balaban J connectivity index is 0.000000307. The summed E-state index contributed by atoms with van der Waals surface area (Å²) in [4.78, 5) is 0. The van der Waals surface area contributed by atoms with Crippen LogP contribution >= 0.6 is 7.81 Å². The van der Waals surface area contributed by atoms with Crippen LogP contribution in [-0.4, -0.2) is 0 Å². The van der Waals surface area contributed by atoms with Crippen LogP contribution in [0.3, 0.4) is 0 Å². The van der Waals surface area contributed by atoms with E-state index in [0.717, 1.165) is 0 Å². The first-order valence-electron chi connectivity index (χ1n) is 9.63. The van der Waals surface area contributed by atoms with Crippen LogP contribution in [0.15, 0.2) is 91.0 Å². The van der Waals surface area contributed by atoms with Crippen LogP contribution in [0.25, 0.3) is 43.7 Å². The second kappa shape index (κ2) is 6.91. The molecule has 0 unspecified atom stereocenters. The zero-order chi connectivity index (χ0) is 23.2. The van der Waals surface area contributed by atoms with Gasteiger partial charge in [0.15, 0.2) is 0 Å². The van der Waals surface area contributed by atoms with Crippen LogP contribution in [0.5, 0.6) is 0 Å². The monoisotopic (exact) mass is 465 g/mol. The molecule has 0 aliphatic heterocycles. The summed E-state index contributed by atoms with van der Waals surface area (Å²) in [6.45, 7) is 0. The van der Waals surface area contributed by atoms with Crippen LogP contribution < -0.4 is 4.57 Å². The first kappa shape index (κ1) is 22.0. The molecule has 1 heterocycles. The summed E-state index contributed by atoms with van der Waals surface area (Å²) < 4.78 is 61.5. The van der Waals surface area contributed by atoms with E-state index in [9.17, 15) is 25.2 Å². The van der Waals surface area contributed by atoms with Gasteiger partial charge in [0.2, 0.25) is 11.0 Å². The van der Waals surface area contributed by atoms with E-state index in [-0.39, 0.29) is 0 Å². The van der Waals surface area contributed by atoms with Crippen molar-refractivity contribution < 1.29 is 29.7 Å². The number of rotatable bonds is 1. The second-order valence-electron chi connectivity index (χ2n) is 7.45. The number of hydrogen-bond acceptors (Lipinski definition) is 0. The van der Waals surface area contributed by atoms with Gasteiger partial charge in [-0.05, 0) is 28.5 Å². The summed E-state index contributed by atoms with van der Waals surface area (Å²) in [5.74, 6) is 0. The Morgan fingerprint density at radius 2 is 0.938 bits per heavy atom. The zero-order valence-electron chi connectivity index (χ0n) is 16.8. The number of halogens is 6. The molecule has 5 rings (SSSR count). The van der Waals surface area contributed by atoms with Crippen molar-refractivity contribution in [1.82, 2.24) is 0 Å². The van der Waals surface area contributed by atoms with E-state index < -0.39 is 7.81 Å². The number of benzene rings is 4. The third kappa shape index (κ3) is 5.00. The molecule has 0 amide bonds. The van der Waals surface area contributed by atoms with Crippen molar-refractivity contribution in [3.05, 3.63) is 91.0 Å². The van der Waals surface area contributed by atoms with Crippen molar-refractivity contribution in [3.63, 3.8) is 0 Å². The van der Waals surface area contributed by atoms with E-state index in [1.807, 2.05) is 0 Å². The standard InChI is InChI=1S/C24H18N.F6P/c1-25-22-15-6-4-12-20(22)24(21-13-5-7-16-23(21)25)19-14-8-10-17-9-2-3-11-18(17)19;1-7(2,3,4,5)6/h2-16H,1H3;/q+1;-1. The molecule has 0 bridgehead atoms. The van der Waals surface area contributed by atoms with Gasteiger partial charge in [0, 0.05) is 17.7 Å². The number of fused-ring (bicyclic) bond motifs is 3. The number of hydrogen-bond donors (Lipinski definition) is 0. The first-order valence-corrected chi connectivity index (χ1v) is 11.7. The predicted octanol–water partition coefficient (Wildman–Crippen LogP) is 9.02. The van der Waals surface area contributed by atoms with Crippen molar-refractivity contribution >= 4 is 40.4 Å². The summed E-state index contributed by atoms with van der Waals surface area (Å²) in [6.07, 6.45) is 0. The Hall–Kier alpha value is -3.18. The molecule has 1 nitrogen and oxygen atoms in total. The predicted molar refractivity (Wildman–Crippen MR) is 119 cm³/mol. The maximum absolute atomic E-state index is 10.7. The summed E-state index contributed by atoms with van der Waals surface area (Å²) >= 11 is 0. The average molecular weight is 465 g/mol. The number of aryl methyl sites for hydroxylation is 1. The van der Waals surface area contributed by atoms with Gasteiger partial charge >= 0.3 is 33.0 Å². The molecule has 1 aromatic heterocycles. The van der Waals surface area contributed by atoms with Gasteiger partial charge in [-0.3, -0.25) is 0 Å². The maximum atomic E-state index is 9.87. The van der Waals surface area contributed by atoms with E-state index in [4.69, 9.17) is 0 Å². The molecule has 32 heavy (non-hydrogen) atoms. The Morgan fingerprint density at radius 3 is 1.47 bits per heavy atom. The molecule has 0 radical (unpaired) electrons. The van der Waals surface area contributed by atoms with Gasteiger partial charge in [-0.25, -0.2) is 0 Å². The molecule has 5 aromatic rings. The number of para-hydroxylation sites is 2. The molecule has 4 aromatic carbocycles. The Kier molecular flexibility index (Phi) is 4.76. The van der Waals surface area contributed by atoms with E-state index >= 15 is 0 Å². The van der Waals surface area contributed by atoms with Gasteiger partial charge in [0.05, 0.1) is 10.8 Å². The minimum atomic E-state index is -10.7. The van der Waals surface area contributed by atoms with Gasteiger partial charge in [-0.2, -0.15) is 4.57 Å². The SMILES string of the molecule is C[n+]1c2ccccc2c(-c2cccc3ccccc23)c2ccccc21.F[P-](F)(F)(F)(F)F. The van der Waals surface area contributed by atoms with Crippen LogP contribution in [0.2, 0.25) is 0 Å². The second-order valence-corrected chi connectivity index (χ2v) is 9.37. The first-order chi connectivity index (χ1) is 14.8. The number of aromatic nitrogens is 1. The Bertz CT molecular complexity index is 1400. The number of pyridine rings is 1. The topological polar surface area (TPSA) is 3.88 Å². The third-order valence-electron chi connectivity index (χ3n) is 5.13. The molecule has 0 N–H and O–H groups in total. The van der Waals surface area contributed by atoms with Gasteiger partial charge in [0.1, 0.15) is 7.05 Å². The van der Waals surface area contributed by atoms with Gasteiger partial charge < -0.3 is 0 Å². The molecule has 0 saturated carbocycles. The van der Waals surface area contributed by atoms with Crippen molar-refractivity contribution in [2.75, 3.05) is 0 Å². The molecule has 0 aliphatic carbocycles. The third-order valence-corrected chi connectivity index (χ3v) is 5.13. The van der Waals surface area contributed by atoms with Crippen molar-refractivity contribution in [2.45, 2.75) is 0 Å². The molecule has 0 aliphatic rings. The van der Waals surface area contributed by atoms with Crippen LogP contribution in [0.1, 0.15) is 0 Å². The Morgan fingerprint density at radius 1 is 0.531 bits per heavy atom. The van der Waals surface area contributed by atoms with E-state index in [1.165, 1.54) is 43.7 Å². The van der Waals surface area contributed by atoms with Crippen molar-refractivity contribution in [2.24, 2.45) is 7.05 Å². The van der Waals surface area contributed by atoms with E-state index in [2.05, 4.69) is 103 Å². The fourth-order valence-corrected chi connectivity index (χ4v) is 3.96. The molecule has 0 spiro atoms. The molecule has 0 saturated heterocycles. The summed E-state index contributed by atoms with van der Waals surface area (Å²) in [5.41, 5.74) is 5.13. The average Bonchev–Trinajstić information content (AvgIpc) is 2.72. The molecule has 8 heteroatoms. The van der Waals surface area contributed by atoms with Crippen LogP contribution in [0.4, 0.5) is 25.2 Å². The summed E-state index contributed by atoms with van der Waals surface area (Å²) in [6, 6.07) is 32.6. The van der Waals surface area contributed by atoms with E-state index in [0.29, 0.717) is 0 Å². The zero-order valence-corrected chi connectivity index (χ0v) is 17.7. The number of nitrogens with zero attached hydrogens (tertiary/aromatic N) is 1. The quantitative estimate of drug-likeness (QED) is 0.101. The summed E-state index contributed by atoms with van der Waals surface area (Å²) in [7, 11) is -8.51. The van der Waals surface area contributed by atoms with Crippen molar-refractivity contribution in [1.29, 1.82) is 0 Å². The Labute approximate surface area is 179 Å². The minimum absolute atomic E-state index is 1.25. The van der Waals surface area contributed by atoms with Crippen molar-refractivity contribution in [3.8, 4) is 11.1 Å². The van der Waals surface area contributed by atoms with Gasteiger partial charge in [-0.15, -0.1) is 0 Å². The molecular weight excluding hydrogens is 447 g/mol. The van der Waals surface area contributed by atoms with Gasteiger partial charge in [0.25, 0.3) is 0 Å². The van der Waals surface area contributed by atoms with Crippen LogP contribution in [-0.2, 0) is 7.05 Å². The summed E-state index contributed by atoms with van der Waals surface area (Å²) in [5, 5.41) is 5.16. The fraction of sp³-hybridized carbons (Fsp3) is 0.0417. The normalized spacial score (nSPS) is 14.0. The van der Waals surface area contributed by atoms with Crippen LogP contribution in [0, 0.1) is 0 Å². The van der Waals surface area contributed by atoms with Gasteiger partial charge in [-0.1, -0.05) is 66.7 Å². The molecular formula is C24H18F6NP. The fourth-order valence-electron chi connectivity index (χ4n) is 3.96. The molecule has 166 valence electrons.